The Hall–Kier alpha value is -7.84. The highest BCUT2D eigenvalue weighted by Crippen LogP contribution is 2.40. The molecule has 8 aromatic rings. The van der Waals surface area contributed by atoms with Gasteiger partial charge in [-0.05, 0) is 187 Å². The number of anilines is 4. The molecule has 8 aromatic carbocycles. The summed E-state index contributed by atoms with van der Waals surface area (Å²) in [5, 5.41) is 0. The van der Waals surface area contributed by atoms with Gasteiger partial charge in [-0.1, -0.05) is 48.5 Å². The van der Waals surface area contributed by atoms with Crippen LogP contribution in [0.4, 0.5) is 22.7 Å². The molecule has 8 N–H and O–H groups in total. The fraction of sp³-hybridized carbons (Fsp3) is 0.0769. The van der Waals surface area contributed by atoms with Crippen LogP contribution in [0.3, 0.4) is 0 Å². The number of hydrogen-bond acceptors (Lipinski definition) is 8. The number of hydrogen-bond donors (Lipinski definition) is 4. The van der Waals surface area contributed by atoms with Gasteiger partial charge in [0.2, 0.25) is 0 Å². The van der Waals surface area contributed by atoms with E-state index in [1.165, 1.54) is 11.1 Å². The Bertz CT molecular complexity index is 2490. The topological polar surface area (TPSA) is 141 Å². The zero-order chi connectivity index (χ0) is 41.3. The smallest absolute Gasteiger partial charge is 0.127 e. The summed E-state index contributed by atoms with van der Waals surface area (Å²) >= 11 is 0. The third-order valence-corrected chi connectivity index (χ3v) is 10.3. The molecule has 0 amide bonds. The summed E-state index contributed by atoms with van der Waals surface area (Å²) in [6.07, 6.45) is 1.59. The van der Waals surface area contributed by atoms with Gasteiger partial charge >= 0.3 is 0 Å². The normalized spacial score (nSPS) is 11.5. The minimum absolute atomic E-state index is 0.0185. The zero-order valence-corrected chi connectivity index (χ0v) is 33.0. The molecule has 60 heavy (non-hydrogen) atoms. The van der Waals surface area contributed by atoms with Crippen LogP contribution in [0.25, 0.3) is 0 Å². The summed E-state index contributed by atoms with van der Waals surface area (Å²) in [6, 6.07) is 63.0. The van der Waals surface area contributed by atoms with Gasteiger partial charge in [-0.2, -0.15) is 0 Å². The maximum absolute atomic E-state index is 6.18. The number of benzene rings is 8. The summed E-state index contributed by atoms with van der Waals surface area (Å²) < 4.78 is 24.7. The van der Waals surface area contributed by atoms with Crippen molar-refractivity contribution in [2.24, 2.45) is 0 Å². The summed E-state index contributed by atoms with van der Waals surface area (Å²) in [4.78, 5) is 0. The van der Waals surface area contributed by atoms with Gasteiger partial charge in [0.25, 0.3) is 0 Å². The Morgan fingerprint density at radius 1 is 0.283 bits per heavy atom. The van der Waals surface area contributed by atoms with Crippen molar-refractivity contribution in [3.8, 4) is 46.0 Å². The maximum atomic E-state index is 6.18. The molecule has 0 aliphatic carbocycles. The quantitative estimate of drug-likeness (QED) is 0.0752. The van der Waals surface area contributed by atoms with Gasteiger partial charge in [-0.3, -0.25) is 0 Å². The van der Waals surface area contributed by atoms with Crippen molar-refractivity contribution < 1.29 is 18.9 Å². The van der Waals surface area contributed by atoms with Crippen LogP contribution in [0.5, 0.6) is 46.0 Å². The molecule has 0 aromatic heterocycles. The molecule has 0 saturated heterocycles. The summed E-state index contributed by atoms with van der Waals surface area (Å²) in [7, 11) is 0. The van der Waals surface area contributed by atoms with E-state index in [0.717, 1.165) is 70.0 Å². The van der Waals surface area contributed by atoms with Crippen molar-refractivity contribution in [1.29, 1.82) is 0 Å². The van der Waals surface area contributed by atoms with Crippen molar-refractivity contribution in [3.63, 3.8) is 0 Å². The first-order valence-corrected chi connectivity index (χ1v) is 19.8. The predicted octanol–water partition coefficient (Wildman–Crippen LogP) is 12.7. The molecule has 8 rings (SSSR count). The third-order valence-electron chi connectivity index (χ3n) is 10.3. The van der Waals surface area contributed by atoms with E-state index in [0.29, 0.717) is 22.7 Å². The first-order valence-electron chi connectivity index (χ1n) is 19.8. The van der Waals surface area contributed by atoms with Gasteiger partial charge in [0.1, 0.15) is 46.0 Å². The van der Waals surface area contributed by atoms with Crippen molar-refractivity contribution in [3.05, 3.63) is 216 Å². The first kappa shape index (κ1) is 39.0. The van der Waals surface area contributed by atoms with Gasteiger partial charge in [-0.25, -0.2) is 0 Å². The molecule has 0 spiro atoms. The van der Waals surface area contributed by atoms with E-state index in [-0.39, 0.29) is 11.8 Å². The second-order valence-electron chi connectivity index (χ2n) is 14.7. The highest BCUT2D eigenvalue weighted by molar-refractivity contribution is 5.48. The van der Waals surface area contributed by atoms with Crippen LogP contribution < -0.4 is 41.9 Å². The van der Waals surface area contributed by atoms with Crippen molar-refractivity contribution in [2.45, 2.75) is 24.7 Å². The van der Waals surface area contributed by atoms with Crippen LogP contribution in [0.15, 0.2) is 194 Å². The van der Waals surface area contributed by atoms with E-state index in [1.807, 2.05) is 146 Å². The SMILES string of the molecule is Nc1ccc(Oc2ccc(CC(CC(c3ccc(Oc4ccc(N)cc4)cc3)c3ccc(Oc4ccc(N)cc4)cc3)c3ccc(Oc4ccc(N)cc4)cc3)cc2)cc1. The highest BCUT2D eigenvalue weighted by Gasteiger charge is 2.23. The Morgan fingerprint density at radius 3 is 0.800 bits per heavy atom. The van der Waals surface area contributed by atoms with E-state index < -0.39 is 0 Å². The molecule has 8 heteroatoms. The molecular formula is C52H46N4O4. The molecule has 8 nitrogen and oxygen atoms in total. The van der Waals surface area contributed by atoms with Crippen LogP contribution in [0.1, 0.15) is 40.5 Å². The van der Waals surface area contributed by atoms with Crippen LogP contribution in [-0.2, 0) is 6.42 Å². The molecule has 0 fully saturated rings. The van der Waals surface area contributed by atoms with Gasteiger partial charge in [-0.15, -0.1) is 0 Å². The number of nitrogen functional groups attached to an aromatic ring is 4. The van der Waals surface area contributed by atoms with Gasteiger partial charge in [0.15, 0.2) is 0 Å². The Morgan fingerprint density at radius 2 is 0.517 bits per heavy atom. The fourth-order valence-electron chi connectivity index (χ4n) is 7.10. The third kappa shape index (κ3) is 10.4. The minimum atomic E-state index is 0.0185. The molecule has 0 aliphatic heterocycles. The second kappa shape index (κ2) is 18.2. The summed E-state index contributed by atoms with van der Waals surface area (Å²) in [5.74, 6) is 6.01. The molecule has 0 bridgehead atoms. The van der Waals surface area contributed by atoms with Crippen LogP contribution >= 0.6 is 0 Å². The average Bonchev–Trinajstić information content (AvgIpc) is 3.27. The highest BCUT2D eigenvalue weighted by atomic mass is 16.5. The second-order valence-corrected chi connectivity index (χ2v) is 14.7. The van der Waals surface area contributed by atoms with E-state index in [1.54, 1.807) is 0 Å². The van der Waals surface area contributed by atoms with Crippen LogP contribution in [0, 0.1) is 0 Å². The maximum Gasteiger partial charge on any atom is 0.127 e. The van der Waals surface area contributed by atoms with E-state index in [2.05, 4.69) is 48.5 Å². The molecule has 1 unspecified atom stereocenters. The van der Waals surface area contributed by atoms with Crippen LogP contribution in [0.2, 0.25) is 0 Å². The molecule has 0 aliphatic rings. The van der Waals surface area contributed by atoms with Crippen LogP contribution in [-0.4, -0.2) is 0 Å². The molecule has 0 saturated carbocycles. The summed E-state index contributed by atoms with van der Waals surface area (Å²) in [5.41, 5.74) is 31.1. The Balaban J connectivity index is 1.10. The van der Waals surface area contributed by atoms with E-state index >= 15 is 0 Å². The Kier molecular flexibility index (Phi) is 11.8. The van der Waals surface area contributed by atoms with Crippen molar-refractivity contribution in [1.82, 2.24) is 0 Å². The number of nitrogens with two attached hydrogens (primary N) is 4. The van der Waals surface area contributed by atoms with Gasteiger partial charge in [0, 0.05) is 28.7 Å². The van der Waals surface area contributed by atoms with E-state index in [4.69, 9.17) is 41.9 Å². The first-order chi connectivity index (χ1) is 29.3. The lowest BCUT2D eigenvalue weighted by atomic mass is 9.78. The van der Waals surface area contributed by atoms with Crippen molar-refractivity contribution >= 4 is 22.7 Å². The Labute approximate surface area is 350 Å². The fourth-order valence-corrected chi connectivity index (χ4v) is 7.10. The molecule has 0 radical (unpaired) electrons. The van der Waals surface area contributed by atoms with E-state index in [9.17, 15) is 0 Å². The molecule has 1 atom stereocenters. The number of rotatable bonds is 15. The molecular weight excluding hydrogens is 745 g/mol. The zero-order valence-electron chi connectivity index (χ0n) is 33.0. The van der Waals surface area contributed by atoms with Gasteiger partial charge < -0.3 is 41.9 Å². The average molecular weight is 791 g/mol. The molecule has 0 heterocycles. The monoisotopic (exact) mass is 790 g/mol. The molecule has 298 valence electrons. The summed E-state index contributed by atoms with van der Waals surface area (Å²) in [6.45, 7) is 0. The standard InChI is InChI=1S/C52H46N4O4/c53-40-9-25-48(26-10-40)57-44-17-1-35(2-18-44)33-39(36-3-19-45(20-4-36)58-49-27-11-41(54)12-28-49)34-52(37-5-21-46(22-6-37)59-50-29-13-42(55)14-30-50)38-7-23-47(24-8-38)60-51-31-15-43(56)16-32-51/h1-32,39,52H,33-34,53-56H2. The largest absolute Gasteiger partial charge is 0.457 e. The van der Waals surface area contributed by atoms with Crippen molar-refractivity contribution in [2.75, 3.05) is 22.9 Å². The minimum Gasteiger partial charge on any atom is -0.457 e. The lowest BCUT2D eigenvalue weighted by Crippen LogP contribution is -2.11. The van der Waals surface area contributed by atoms with Gasteiger partial charge in [0.05, 0.1) is 0 Å². The number of ether oxygens (including phenoxy) is 4. The lowest BCUT2D eigenvalue weighted by Gasteiger charge is -2.26. The lowest BCUT2D eigenvalue weighted by molar-refractivity contribution is 0.480. The predicted molar refractivity (Wildman–Crippen MR) is 242 cm³/mol.